The molecule has 0 atom stereocenters. The summed E-state index contributed by atoms with van der Waals surface area (Å²) in [4.78, 5) is 18.9. The van der Waals surface area contributed by atoms with Gasteiger partial charge in [0, 0.05) is 42.7 Å². The fraction of sp³-hybridized carbons (Fsp3) is 0.263. The number of hydrogen-bond acceptors (Lipinski definition) is 3. The van der Waals surface area contributed by atoms with Crippen molar-refractivity contribution in [2.75, 3.05) is 17.2 Å². The predicted molar refractivity (Wildman–Crippen MR) is 98.8 cm³/mol. The van der Waals surface area contributed by atoms with E-state index in [9.17, 15) is 4.79 Å². The quantitative estimate of drug-likeness (QED) is 0.502. The summed E-state index contributed by atoms with van der Waals surface area (Å²) in [6.07, 6.45) is 5.84. The lowest BCUT2D eigenvalue weighted by Gasteiger charge is -2.17. The van der Waals surface area contributed by atoms with E-state index >= 15 is 0 Å². The maximum Gasteiger partial charge on any atom is 0.258 e. The third-order valence-electron chi connectivity index (χ3n) is 4.43. The van der Waals surface area contributed by atoms with Gasteiger partial charge in [-0.05, 0) is 30.4 Å². The Hall–Kier alpha value is -2.27. The van der Waals surface area contributed by atoms with E-state index in [-0.39, 0.29) is 5.91 Å². The molecule has 122 valence electrons. The Bertz CT molecular complexity index is 897. The van der Waals surface area contributed by atoms with Crippen molar-refractivity contribution in [3.8, 4) is 0 Å². The third-order valence-corrected chi connectivity index (χ3v) is 5.58. The van der Waals surface area contributed by atoms with E-state index in [1.807, 2.05) is 47.1 Å². The zero-order valence-corrected chi connectivity index (χ0v) is 14.4. The highest BCUT2D eigenvalue weighted by atomic mass is 32.2. The maximum atomic E-state index is 12.7. The Morgan fingerprint density at radius 3 is 2.75 bits per heavy atom. The van der Waals surface area contributed by atoms with Gasteiger partial charge in [-0.3, -0.25) is 4.79 Å². The number of carbonyl (C=O) groups excluding carboxylic acids is 1. The number of nitrogens with zero attached hydrogens (tertiary/aromatic N) is 3. The van der Waals surface area contributed by atoms with E-state index in [1.54, 1.807) is 11.8 Å². The molecule has 1 aliphatic heterocycles. The number of imidazole rings is 1. The van der Waals surface area contributed by atoms with Gasteiger partial charge in [0.2, 0.25) is 0 Å². The van der Waals surface area contributed by atoms with E-state index < -0.39 is 0 Å². The molecule has 0 radical (unpaired) electrons. The zero-order valence-electron chi connectivity index (χ0n) is 13.6. The van der Waals surface area contributed by atoms with E-state index in [4.69, 9.17) is 0 Å². The average molecular weight is 337 g/mol. The smallest absolute Gasteiger partial charge is 0.258 e. The molecule has 0 saturated heterocycles. The molecule has 1 amide bonds. The molecule has 24 heavy (non-hydrogen) atoms. The van der Waals surface area contributed by atoms with Crippen LogP contribution in [0, 0.1) is 0 Å². The molecule has 2 aromatic carbocycles. The fourth-order valence-electron chi connectivity index (χ4n) is 3.23. The van der Waals surface area contributed by atoms with Crippen molar-refractivity contribution >= 4 is 34.1 Å². The molecule has 3 aromatic rings. The monoisotopic (exact) mass is 337 g/mol. The summed E-state index contributed by atoms with van der Waals surface area (Å²) in [6, 6.07) is 12.1. The van der Waals surface area contributed by atoms with Crippen molar-refractivity contribution in [1.82, 2.24) is 9.55 Å². The van der Waals surface area contributed by atoms with Crippen molar-refractivity contribution in [2.45, 2.75) is 18.0 Å². The highest BCUT2D eigenvalue weighted by molar-refractivity contribution is 7.99. The van der Waals surface area contributed by atoms with Crippen LogP contribution in [0.25, 0.3) is 10.8 Å². The van der Waals surface area contributed by atoms with Gasteiger partial charge in [-0.25, -0.2) is 4.98 Å². The van der Waals surface area contributed by atoms with Gasteiger partial charge in [0.25, 0.3) is 5.91 Å². The Kier molecular flexibility index (Phi) is 4.02. The molecule has 5 heteroatoms. The number of benzene rings is 2. The first-order chi connectivity index (χ1) is 11.8. The van der Waals surface area contributed by atoms with Gasteiger partial charge in [-0.1, -0.05) is 36.0 Å². The fourth-order valence-corrected chi connectivity index (χ4v) is 4.16. The number of anilines is 1. The summed E-state index contributed by atoms with van der Waals surface area (Å²) < 4.78 is 2.03. The van der Waals surface area contributed by atoms with Crippen LogP contribution in [-0.2, 0) is 7.05 Å². The summed E-state index contributed by atoms with van der Waals surface area (Å²) in [5.41, 5.74) is 1.90. The van der Waals surface area contributed by atoms with E-state index in [1.165, 1.54) is 0 Å². The average Bonchev–Trinajstić information content (AvgIpc) is 3.12. The number of thioether (sulfide) groups is 1. The summed E-state index contributed by atoms with van der Waals surface area (Å²) in [5.74, 6) is 1.16. The Labute approximate surface area is 145 Å². The molecule has 1 aromatic heterocycles. The minimum atomic E-state index is 0.138. The lowest BCUT2D eigenvalue weighted by molar-refractivity contribution is 0.0993. The lowest BCUT2D eigenvalue weighted by Crippen LogP contribution is -2.27. The largest absolute Gasteiger partial charge is 0.329 e. The summed E-state index contributed by atoms with van der Waals surface area (Å²) >= 11 is 1.77. The molecule has 0 saturated carbocycles. The number of unbranched alkanes of at least 4 members (excludes halogenated alkanes) is 1. The Morgan fingerprint density at radius 2 is 1.96 bits per heavy atom. The molecule has 0 N–H and O–H groups in total. The van der Waals surface area contributed by atoms with Crippen molar-refractivity contribution in [3.05, 3.63) is 54.4 Å². The molecule has 0 spiro atoms. The number of amides is 1. The number of aryl methyl sites for hydroxylation is 1. The van der Waals surface area contributed by atoms with Crippen molar-refractivity contribution in [2.24, 2.45) is 7.05 Å². The van der Waals surface area contributed by atoms with Gasteiger partial charge < -0.3 is 9.47 Å². The maximum absolute atomic E-state index is 12.7. The van der Waals surface area contributed by atoms with Crippen LogP contribution in [0.3, 0.4) is 0 Å². The predicted octanol–water partition coefficient (Wildman–Crippen LogP) is 4.11. The van der Waals surface area contributed by atoms with Crippen LogP contribution in [0.5, 0.6) is 0 Å². The number of rotatable bonds is 6. The first kappa shape index (κ1) is 15.3. The minimum absolute atomic E-state index is 0.138. The summed E-state index contributed by atoms with van der Waals surface area (Å²) in [7, 11) is 2.01. The van der Waals surface area contributed by atoms with Gasteiger partial charge in [-0.15, -0.1) is 0 Å². The first-order valence-corrected chi connectivity index (χ1v) is 9.18. The molecule has 0 bridgehead atoms. The second-order valence-corrected chi connectivity index (χ2v) is 7.08. The SMILES string of the molecule is Cn1ccnc1SCCCCN1C(=O)c2cccc3cccc1c23. The highest BCUT2D eigenvalue weighted by Gasteiger charge is 2.28. The number of carbonyl (C=O) groups is 1. The van der Waals surface area contributed by atoms with Crippen LogP contribution >= 0.6 is 11.8 Å². The number of hydrogen-bond donors (Lipinski definition) is 0. The molecule has 4 rings (SSSR count). The van der Waals surface area contributed by atoms with Crippen LogP contribution in [0.15, 0.2) is 53.9 Å². The van der Waals surface area contributed by atoms with Crippen LogP contribution in [-0.4, -0.2) is 27.8 Å². The molecule has 1 aliphatic rings. The Morgan fingerprint density at radius 1 is 1.12 bits per heavy atom. The van der Waals surface area contributed by atoms with Crippen molar-refractivity contribution < 1.29 is 4.79 Å². The van der Waals surface area contributed by atoms with E-state index in [2.05, 4.69) is 23.2 Å². The molecule has 4 nitrogen and oxygen atoms in total. The zero-order chi connectivity index (χ0) is 16.5. The highest BCUT2D eigenvalue weighted by Crippen LogP contribution is 2.37. The van der Waals surface area contributed by atoms with Gasteiger partial charge in [-0.2, -0.15) is 0 Å². The molecular formula is C19H19N3OS. The first-order valence-electron chi connectivity index (χ1n) is 8.19. The van der Waals surface area contributed by atoms with Gasteiger partial charge in [0.15, 0.2) is 5.16 Å². The second kappa shape index (κ2) is 6.32. The minimum Gasteiger partial charge on any atom is -0.329 e. The topological polar surface area (TPSA) is 38.1 Å². The molecule has 2 heterocycles. The summed E-state index contributed by atoms with van der Waals surface area (Å²) in [6.45, 7) is 0.772. The van der Waals surface area contributed by atoms with Gasteiger partial charge >= 0.3 is 0 Å². The van der Waals surface area contributed by atoms with Crippen molar-refractivity contribution in [3.63, 3.8) is 0 Å². The lowest BCUT2D eigenvalue weighted by atomic mass is 10.1. The van der Waals surface area contributed by atoms with Crippen molar-refractivity contribution in [1.29, 1.82) is 0 Å². The third kappa shape index (κ3) is 2.59. The summed E-state index contributed by atoms with van der Waals surface area (Å²) in [5, 5.41) is 3.29. The van der Waals surface area contributed by atoms with Gasteiger partial charge in [0.05, 0.1) is 5.69 Å². The van der Waals surface area contributed by atoms with Crippen LogP contribution in [0.4, 0.5) is 5.69 Å². The molecule has 0 aliphatic carbocycles. The van der Waals surface area contributed by atoms with E-state index in [0.29, 0.717) is 0 Å². The normalized spacial score (nSPS) is 13.2. The van der Waals surface area contributed by atoms with Crippen LogP contribution < -0.4 is 4.90 Å². The van der Waals surface area contributed by atoms with Crippen LogP contribution in [0.2, 0.25) is 0 Å². The second-order valence-electron chi connectivity index (χ2n) is 6.01. The molecular weight excluding hydrogens is 318 g/mol. The Balaban J connectivity index is 1.39. The number of aromatic nitrogens is 2. The van der Waals surface area contributed by atoms with Gasteiger partial charge in [0.1, 0.15) is 0 Å². The van der Waals surface area contributed by atoms with E-state index in [0.717, 1.165) is 52.3 Å². The van der Waals surface area contributed by atoms with Crippen LogP contribution in [0.1, 0.15) is 23.2 Å². The molecule has 0 fully saturated rings. The molecule has 0 unspecified atom stereocenters. The standard InChI is InChI=1S/C19H19N3OS/c1-21-12-10-20-19(21)24-13-3-2-11-22-16-9-5-7-14-6-4-8-15(17(14)16)18(22)23/h4-10,12H,2-3,11,13H2,1H3.